The number of carbonyl (C=O) groups is 3. The number of amides is 2. The van der Waals surface area contributed by atoms with E-state index < -0.39 is 29.7 Å². The molecular formula is C18H17FN2O4. The number of hydrogen-bond donors (Lipinski definition) is 2. The first-order valence-electron chi connectivity index (χ1n) is 7.50. The lowest BCUT2D eigenvalue weighted by atomic mass is 10.1. The second-order valence-corrected chi connectivity index (χ2v) is 5.33. The minimum Gasteiger partial charge on any atom is -0.452 e. The summed E-state index contributed by atoms with van der Waals surface area (Å²) in [5.41, 5.74) is 6.06. The van der Waals surface area contributed by atoms with Gasteiger partial charge in [-0.1, -0.05) is 18.2 Å². The van der Waals surface area contributed by atoms with Crippen LogP contribution in [0.1, 0.15) is 22.8 Å². The Kier molecular flexibility index (Phi) is 5.84. The SMILES string of the molecule is C[C@@H](OC(=O)Cc1ccccc1F)C(=O)Nc1ccc(C(N)=O)cc1. The standard InChI is InChI=1S/C18H17FN2O4/c1-11(25-16(22)10-13-4-2-3-5-15(13)19)18(24)21-14-8-6-12(7-9-14)17(20)23/h2-9,11H,10H2,1H3,(H2,20,23)(H,21,24)/t11-/m1/s1. The molecule has 0 bridgehead atoms. The number of hydrogen-bond acceptors (Lipinski definition) is 4. The van der Waals surface area contributed by atoms with Gasteiger partial charge in [0.25, 0.3) is 5.91 Å². The fraction of sp³-hybridized carbons (Fsp3) is 0.167. The summed E-state index contributed by atoms with van der Waals surface area (Å²) in [5, 5.41) is 2.55. The van der Waals surface area contributed by atoms with Crippen LogP contribution in [-0.4, -0.2) is 23.9 Å². The molecule has 0 saturated heterocycles. The van der Waals surface area contributed by atoms with Crippen molar-refractivity contribution >= 4 is 23.5 Å². The van der Waals surface area contributed by atoms with E-state index in [4.69, 9.17) is 10.5 Å². The van der Waals surface area contributed by atoms with Gasteiger partial charge in [-0.2, -0.15) is 0 Å². The van der Waals surface area contributed by atoms with Gasteiger partial charge in [-0.25, -0.2) is 4.39 Å². The lowest BCUT2D eigenvalue weighted by molar-refractivity contribution is -0.152. The Bertz CT molecular complexity index is 790. The Balaban J connectivity index is 1.90. The highest BCUT2D eigenvalue weighted by atomic mass is 19.1. The molecule has 0 radical (unpaired) electrons. The highest BCUT2D eigenvalue weighted by molar-refractivity contribution is 5.96. The predicted molar refractivity (Wildman–Crippen MR) is 89.2 cm³/mol. The Morgan fingerprint density at radius 1 is 1.12 bits per heavy atom. The van der Waals surface area contributed by atoms with Crippen molar-refractivity contribution in [2.75, 3.05) is 5.32 Å². The topological polar surface area (TPSA) is 98.5 Å². The number of anilines is 1. The average molecular weight is 344 g/mol. The highest BCUT2D eigenvalue weighted by Gasteiger charge is 2.19. The van der Waals surface area contributed by atoms with Gasteiger partial charge in [-0.05, 0) is 42.8 Å². The molecule has 3 N–H and O–H groups in total. The predicted octanol–water partition coefficient (Wildman–Crippen LogP) is 2.04. The number of ether oxygens (including phenoxy) is 1. The van der Waals surface area contributed by atoms with Crippen molar-refractivity contribution < 1.29 is 23.5 Å². The van der Waals surface area contributed by atoms with Gasteiger partial charge < -0.3 is 15.8 Å². The lowest BCUT2D eigenvalue weighted by Crippen LogP contribution is -2.30. The number of rotatable bonds is 6. The number of nitrogens with two attached hydrogens (primary N) is 1. The average Bonchev–Trinajstić information content (AvgIpc) is 2.57. The third-order valence-corrected chi connectivity index (χ3v) is 3.41. The van der Waals surface area contributed by atoms with E-state index in [-0.39, 0.29) is 12.0 Å². The third kappa shape index (κ3) is 5.13. The second kappa shape index (κ2) is 8.05. The zero-order valence-electron chi connectivity index (χ0n) is 13.5. The van der Waals surface area contributed by atoms with Crippen molar-refractivity contribution in [3.8, 4) is 0 Å². The maximum absolute atomic E-state index is 13.5. The summed E-state index contributed by atoms with van der Waals surface area (Å²) < 4.78 is 18.5. The van der Waals surface area contributed by atoms with E-state index in [1.807, 2.05) is 0 Å². The normalized spacial score (nSPS) is 11.4. The summed E-state index contributed by atoms with van der Waals surface area (Å²) >= 11 is 0. The van der Waals surface area contributed by atoms with Crippen molar-refractivity contribution in [2.24, 2.45) is 5.73 Å². The minimum absolute atomic E-state index is 0.196. The van der Waals surface area contributed by atoms with Crippen LogP contribution in [0.25, 0.3) is 0 Å². The van der Waals surface area contributed by atoms with Crippen LogP contribution in [0.2, 0.25) is 0 Å². The summed E-state index contributed by atoms with van der Waals surface area (Å²) in [5.74, 6) is -2.34. The van der Waals surface area contributed by atoms with Gasteiger partial charge in [-0.3, -0.25) is 14.4 Å². The Hall–Kier alpha value is -3.22. The third-order valence-electron chi connectivity index (χ3n) is 3.41. The van der Waals surface area contributed by atoms with Crippen LogP contribution in [0.15, 0.2) is 48.5 Å². The van der Waals surface area contributed by atoms with E-state index in [9.17, 15) is 18.8 Å². The van der Waals surface area contributed by atoms with Crippen molar-refractivity contribution in [1.82, 2.24) is 0 Å². The molecule has 0 spiro atoms. The molecule has 6 nitrogen and oxygen atoms in total. The monoisotopic (exact) mass is 344 g/mol. The maximum Gasteiger partial charge on any atom is 0.311 e. The number of carbonyl (C=O) groups excluding carboxylic acids is 3. The van der Waals surface area contributed by atoms with Crippen LogP contribution in [0, 0.1) is 5.82 Å². The zero-order valence-corrected chi connectivity index (χ0v) is 13.5. The van der Waals surface area contributed by atoms with Gasteiger partial charge in [0.1, 0.15) is 5.82 Å². The molecule has 0 aliphatic rings. The van der Waals surface area contributed by atoms with Gasteiger partial charge in [0, 0.05) is 11.3 Å². The van der Waals surface area contributed by atoms with E-state index in [0.717, 1.165) is 0 Å². The molecule has 0 aliphatic heterocycles. The van der Waals surface area contributed by atoms with Crippen molar-refractivity contribution in [2.45, 2.75) is 19.4 Å². The molecular weight excluding hydrogens is 327 g/mol. The molecule has 0 heterocycles. The Morgan fingerprint density at radius 2 is 1.76 bits per heavy atom. The van der Waals surface area contributed by atoms with Gasteiger partial charge >= 0.3 is 5.97 Å². The van der Waals surface area contributed by atoms with E-state index in [1.54, 1.807) is 6.07 Å². The van der Waals surface area contributed by atoms with Gasteiger partial charge in [-0.15, -0.1) is 0 Å². The number of esters is 1. The van der Waals surface area contributed by atoms with Crippen LogP contribution in [-0.2, 0) is 20.7 Å². The summed E-state index contributed by atoms with van der Waals surface area (Å²) in [7, 11) is 0. The zero-order chi connectivity index (χ0) is 18.4. The van der Waals surface area contributed by atoms with Gasteiger partial charge in [0.15, 0.2) is 6.10 Å². The molecule has 0 saturated carbocycles. The fourth-order valence-corrected chi connectivity index (χ4v) is 2.05. The Labute approximate surface area is 143 Å². The van der Waals surface area contributed by atoms with Gasteiger partial charge in [0.2, 0.25) is 5.91 Å². The molecule has 0 aromatic heterocycles. The number of nitrogens with one attached hydrogen (secondary N) is 1. The van der Waals surface area contributed by atoms with Crippen molar-refractivity contribution in [3.63, 3.8) is 0 Å². The first-order valence-corrected chi connectivity index (χ1v) is 7.50. The van der Waals surface area contributed by atoms with Gasteiger partial charge in [0.05, 0.1) is 6.42 Å². The van der Waals surface area contributed by atoms with E-state index in [0.29, 0.717) is 11.3 Å². The van der Waals surface area contributed by atoms with E-state index in [1.165, 1.54) is 49.4 Å². The first-order chi connectivity index (χ1) is 11.9. The largest absolute Gasteiger partial charge is 0.452 e. The van der Waals surface area contributed by atoms with Crippen LogP contribution >= 0.6 is 0 Å². The summed E-state index contributed by atoms with van der Waals surface area (Å²) in [6.45, 7) is 1.41. The second-order valence-electron chi connectivity index (χ2n) is 5.33. The summed E-state index contributed by atoms with van der Waals surface area (Å²) in [6.07, 6.45) is -1.33. The molecule has 2 amide bonds. The minimum atomic E-state index is -1.06. The fourth-order valence-electron chi connectivity index (χ4n) is 2.05. The molecule has 130 valence electrons. The molecule has 2 aromatic rings. The number of primary amides is 1. The maximum atomic E-state index is 13.5. The smallest absolute Gasteiger partial charge is 0.311 e. The molecule has 0 unspecified atom stereocenters. The van der Waals surface area contributed by atoms with Crippen molar-refractivity contribution in [3.05, 3.63) is 65.5 Å². The molecule has 7 heteroatoms. The van der Waals surface area contributed by atoms with Crippen LogP contribution in [0.4, 0.5) is 10.1 Å². The van der Waals surface area contributed by atoms with E-state index >= 15 is 0 Å². The Morgan fingerprint density at radius 3 is 2.36 bits per heavy atom. The summed E-state index contributed by atoms with van der Waals surface area (Å²) in [4.78, 5) is 34.9. The lowest BCUT2D eigenvalue weighted by Gasteiger charge is -2.14. The van der Waals surface area contributed by atoms with E-state index in [2.05, 4.69) is 5.32 Å². The number of benzene rings is 2. The first kappa shape index (κ1) is 18.1. The number of halogens is 1. The van der Waals surface area contributed by atoms with Crippen LogP contribution in [0.5, 0.6) is 0 Å². The highest BCUT2D eigenvalue weighted by Crippen LogP contribution is 2.11. The van der Waals surface area contributed by atoms with Crippen LogP contribution in [0.3, 0.4) is 0 Å². The molecule has 2 aromatic carbocycles. The molecule has 0 aliphatic carbocycles. The van der Waals surface area contributed by atoms with Crippen LogP contribution < -0.4 is 11.1 Å². The molecule has 0 fully saturated rings. The molecule has 1 atom stereocenters. The molecule has 25 heavy (non-hydrogen) atoms. The molecule has 2 rings (SSSR count). The summed E-state index contributed by atoms with van der Waals surface area (Å²) in [6, 6.07) is 11.8. The van der Waals surface area contributed by atoms with Crippen molar-refractivity contribution in [1.29, 1.82) is 0 Å². The quantitative estimate of drug-likeness (QED) is 0.784.